The van der Waals surface area contributed by atoms with Crippen molar-refractivity contribution in [2.24, 2.45) is 5.92 Å². The lowest BCUT2D eigenvalue weighted by Gasteiger charge is -2.21. The molecule has 0 saturated heterocycles. The molecule has 0 fully saturated rings. The lowest BCUT2D eigenvalue weighted by Crippen LogP contribution is -2.49. The van der Waals surface area contributed by atoms with E-state index in [2.05, 4.69) is 20.2 Å². The average Bonchev–Trinajstić information content (AvgIpc) is 3.28. The van der Waals surface area contributed by atoms with Crippen LogP contribution in [0.5, 0.6) is 5.75 Å². The van der Waals surface area contributed by atoms with Crippen LogP contribution < -0.4 is 14.8 Å². The number of hydrogen-bond donors (Lipinski definition) is 2. The molecule has 3 rings (SSSR count). The fourth-order valence-corrected chi connectivity index (χ4v) is 4.44. The zero-order valence-corrected chi connectivity index (χ0v) is 17.0. The van der Waals surface area contributed by atoms with Gasteiger partial charge in [0.2, 0.25) is 15.9 Å². The second kappa shape index (κ2) is 8.27. The maximum atomic E-state index is 12.7. The van der Waals surface area contributed by atoms with Crippen molar-refractivity contribution in [3.05, 3.63) is 35.9 Å². The molecule has 152 valence electrons. The maximum absolute atomic E-state index is 12.7. The van der Waals surface area contributed by atoms with Gasteiger partial charge in [0.1, 0.15) is 17.6 Å². The molecule has 28 heavy (non-hydrogen) atoms. The number of aryl methyl sites for hydroxylation is 1. The summed E-state index contributed by atoms with van der Waals surface area (Å²) in [6.07, 6.45) is 1.90. The number of carbonyl (C=O) groups excluding carboxylic acids is 1. The Bertz CT molecular complexity index is 937. The van der Waals surface area contributed by atoms with Gasteiger partial charge in [0.25, 0.3) is 0 Å². The number of benzene rings is 1. The monoisotopic (exact) mass is 407 g/mol. The van der Waals surface area contributed by atoms with Crippen LogP contribution in [0.2, 0.25) is 0 Å². The van der Waals surface area contributed by atoms with E-state index < -0.39 is 22.0 Å². The minimum atomic E-state index is -3.86. The molecule has 0 spiro atoms. The van der Waals surface area contributed by atoms with Gasteiger partial charge >= 0.3 is 0 Å². The van der Waals surface area contributed by atoms with E-state index in [9.17, 15) is 13.2 Å². The Labute approximate surface area is 164 Å². The molecule has 1 atom stereocenters. The number of ether oxygens (including phenoxy) is 1. The van der Waals surface area contributed by atoms with Crippen molar-refractivity contribution in [1.29, 1.82) is 0 Å². The van der Waals surface area contributed by atoms with Crippen LogP contribution in [0, 0.1) is 5.92 Å². The third kappa shape index (κ3) is 4.33. The van der Waals surface area contributed by atoms with Gasteiger partial charge in [0.15, 0.2) is 5.82 Å². The molecule has 0 saturated carbocycles. The molecule has 0 bridgehead atoms. The molecular formula is C18H25N5O4S. The second-order valence-electron chi connectivity index (χ2n) is 7.02. The summed E-state index contributed by atoms with van der Waals surface area (Å²) in [5.74, 6) is 1.52. The van der Waals surface area contributed by atoms with Crippen molar-refractivity contribution in [2.75, 3.05) is 7.11 Å². The summed E-state index contributed by atoms with van der Waals surface area (Å²) in [6.45, 7) is 4.62. The van der Waals surface area contributed by atoms with E-state index in [1.807, 2.05) is 4.57 Å². The molecule has 1 aromatic carbocycles. The number of carbonyl (C=O) groups is 1. The van der Waals surface area contributed by atoms with E-state index in [1.165, 1.54) is 19.2 Å². The highest BCUT2D eigenvalue weighted by Gasteiger charge is 2.29. The first-order chi connectivity index (χ1) is 13.3. The van der Waals surface area contributed by atoms with Crippen molar-refractivity contribution in [2.45, 2.75) is 50.7 Å². The standard InChI is InChI=1S/C18H25N5O4S/c1-12(2)17(22-28(25,26)14-8-6-13(27-3)7-9-14)18(24)19-11-16-21-20-15-5-4-10-23(15)16/h6-9,12,17,22H,4-5,10-11H2,1-3H3,(H,19,24)/t17-/m1/s1. The third-order valence-corrected chi connectivity index (χ3v) is 6.16. The smallest absolute Gasteiger partial charge is 0.241 e. The number of aromatic nitrogens is 3. The summed E-state index contributed by atoms with van der Waals surface area (Å²) in [4.78, 5) is 12.7. The Hall–Kier alpha value is -2.46. The van der Waals surface area contributed by atoms with E-state index in [0.717, 1.165) is 25.2 Å². The van der Waals surface area contributed by atoms with Gasteiger partial charge in [0.05, 0.1) is 18.6 Å². The van der Waals surface area contributed by atoms with Crippen LogP contribution in [0.4, 0.5) is 0 Å². The van der Waals surface area contributed by atoms with Crippen molar-refractivity contribution < 1.29 is 17.9 Å². The molecule has 2 N–H and O–H groups in total. The molecule has 1 aromatic heterocycles. The Balaban J connectivity index is 1.68. The summed E-state index contributed by atoms with van der Waals surface area (Å²) in [5, 5.41) is 11.0. The number of nitrogens with zero attached hydrogens (tertiary/aromatic N) is 3. The normalized spacial score (nSPS) is 14.7. The fraction of sp³-hybridized carbons (Fsp3) is 0.500. The first-order valence-corrected chi connectivity index (χ1v) is 10.6. The number of amides is 1. The molecule has 1 aliphatic rings. The number of rotatable bonds is 8. The van der Waals surface area contributed by atoms with Gasteiger partial charge in [-0.1, -0.05) is 13.8 Å². The number of fused-ring (bicyclic) bond motifs is 1. The SMILES string of the molecule is COc1ccc(S(=O)(=O)N[C@@H](C(=O)NCc2nnc3n2CCC3)C(C)C)cc1. The highest BCUT2D eigenvalue weighted by atomic mass is 32.2. The van der Waals surface area contributed by atoms with Crippen molar-refractivity contribution in [1.82, 2.24) is 24.8 Å². The predicted molar refractivity (Wildman–Crippen MR) is 102 cm³/mol. The lowest BCUT2D eigenvalue weighted by molar-refractivity contribution is -0.123. The quantitative estimate of drug-likeness (QED) is 0.670. The summed E-state index contributed by atoms with van der Waals surface area (Å²) < 4.78 is 34.9. The fourth-order valence-electron chi connectivity index (χ4n) is 3.10. The van der Waals surface area contributed by atoms with Crippen LogP contribution in [-0.4, -0.2) is 42.2 Å². The van der Waals surface area contributed by atoms with Crippen LogP contribution in [0.25, 0.3) is 0 Å². The number of hydrogen-bond acceptors (Lipinski definition) is 6. The molecule has 0 radical (unpaired) electrons. The number of methoxy groups -OCH3 is 1. The lowest BCUT2D eigenvalue weighted by atomic mass is 10.1. The van der Waals surface area contributed by atoms with E-state index in [0.29, 0.717) is 11.6 Å². The Morgan fingerprint density at radius 1 is 1.25 bits per heavy atom. The average molecular weight is 407 g/mol. The van der Waals surface area contributed by atoms with Gasteiger partial charge in [-0.25, -0.2) is 8.42 Å². The summed E-state index contributed by atoms with van der Waals surface area (Å²) in [5.41, 5.74) is 0. The van der Waals surface area contributed by atoms with Crippen molar-refractivity contribution >= 4 is 15.9 Å². The first kappa shape index (κ1) is 20.3. The summed E-state index contributed by atoms with van der Waals surface area (Å²) in [6, 6.07) is 5.09. The van der Waals surface area contributed by atoms with Crippen LogP contribution in [-0.2, 0) is 34.3 Å². The molecule has 10 heteroatoms. The maximum Gasteiger partial charge on any atom is 0.241 e. The van der Waals surface area contributed by atoms with Gasteiger partial charge in [-0.3, -0.25) is 4.79 Å². The summed E-state index contributed by atoms with van der Waals surface area (Å²) in [7, 11) is -2.35. The van der Waals surface area contributed by atoms with E-state index in [1.54, 1.807) is 26.0 Å². The van der Waals surface area contributed by atoms with Crippen molar-refractivity contribution in [3.63, 3.8) is 0 Å². The number of sulfonamides is 1. The van der Waals surface area contributed by atoms with Gasteiger partial charge in [-0.2, -0.15) is 4.72 Å². The molecule has 9 nitrogen and oxygen atoms in total. The van der Waals surface area contributed by atoms with Crippen LogP contribution in [0.1, 0.15) is 31.9 Å². The topological polar surface area (TPSA) is 115 Å². The van der Waals surface area contributed by atoms with Crippen LogP contribution >= 0.6 is 0 Å². The van der Waals surface area contributed by atoms with Crippen LogP contribution in [0.15, 0.2) is 29.2 Å². The van der Waals surface area contributed by atoms with Gasteiger partial charge < -0.3 is 14.6 Å². The third-order valence-electron chi connectivity index (χ3n) is 4.71. The molecule has 0 unspecified atom stereocenters. The summed E-state index contributed by atoms with van der Waals surface area (Å²) >= 11 is 0. The molecule has 1 amide bonds. The van der Waals surface area contributed by atoms with E-state index in [4.69, 9.17) is 4.74 Å². The molecule has 1 aliphatic heterocycles. The minimum Gasteiger partial charge on any atom is -0.497 e. The molecule has 0 aliphatic carbocycles. The second-order valence-corrected chi connectivity index (χ2v) is 8.74. The number of nitrogens with one attached hydrogen (secondary N) is 2. The first-order valence-electron chi connectivity index (χ1n) is 9.17. The Morgan fingerprint density at radius 3 is 2.61 bits per heavy atom. The highest BCUT2D eigenvalue weighted by Crippen LogP contribution is 2.17. The van der Waals surface area contributed by atoms with Gasteiger partial charge in [0, 0.05) is 13.0 Å². The van der Waals surface area contributed by atoms with Crippen molar-refractivity contribution in [3.8, 4) is 5.75 Å². The van der Waals surface area contributed by atoms with Gasteiger partial charge in [-0.15, -0.1) is 10.2 Å². The van der Waals surface area contributed by atoms with E-state index >= 15 is 0 Å². The molecule has 2 aromatic rings. The highest BCUT2D eigenvalue weighted by molar-refractivity contribution is 7.89. The Kier molecular flexibility index (Phi) is 5.99. The zero-order valence-electron chi connectivity index (χ0n) is 16.2. The zero-order chi connectivity index (χ0) is 20.3. The Morgan fingerprint density at radius 2 is 1.96 bits per heavy atom. The minimum absolute atomic E-state index is 0.0713. The molecule has 2 heterocycles. The molecular weight excluding hydrogens is 382 g/mol. The largest absolute Gasteiger partial charge is 0.497 e. The predicted octanol–water partition coefficient (Wildman–Crippen LogP) is 0.852. The van der Waals surface area contributed by atoms with E-state index in [-0.39, 0.29) is 17.4 Å². The van der Waals surface area contributed by atoms with Crippen LogP contribution in [0.3, 0.4) is 0 Å². The van der Waals surface area contributed by atoms with Gasteiger partial charge in [-0.05, 0) is 36.6 Å².